The first kappa shape index (κ1) is 6.19. The van der Waals surface area contributed by atoms with E-state index in [2.05, 4.69) is 29.5 Å². The monoisotopic (exact) mass is 146 g/mol. The summed E-state index contributed by atoms with van der Waals surface area (Å²) in [6, 6.07) is 0. The third kappa shape index (κ3) is 1.27. The molecule has 0 unspecified atom stereocenters. The number of rotatable bonds is 1. The van der Waals surface area contributed by atoms with Gasteiger partial charge >= 0.3 is 55.4 Å². The van der Waals surface area contributed by atoms with Crippen LogP contribution < -0.4 is 0 Å². The molecule has 1 rings (SSSR count). The summed E-state index contributed by atoms with van der Waals surface area (Å²) in [4.78, 5) is 0. The van der Waals surface area contributed by atoms with Gasteiger partial charge < -0.3 is 0 Å². The molecule has 0 bridgehead atoms. The summed E-state index contributed by atoms with van der Waals surface area (Å²) in [6.45, 7) is 0. The first-order valence-electron chi connectivity index (χ1n) is 2.84. The molecule has 0 radical (unpaired) electrons. The fraction of sp³-hybridized carbons (Fsp3) is 0.429. The summed E-state index contributed by atoms with van der Waals surface area (Å²) in [6.07, 6.45) is 7.93. The topological polar surface area (TPSA) is 0 Å². The molecule has 44 valence electrons. The van der Waals surface area contributed by atoms with Crippen LogP contribution in [-0.4, -0.2) is 0 Å². The molecule has 0 aliphatic heterocycles. The van der Waals surface area contributed by atoms with Crippen LogP contribution in [0.15, 0.2) is 22.5 Å². The van der Waals surface area contributed by atoms with Crippen LogP contribution in [0.25, 0.3) is 0 Å². The molecular weight excluding hydrogens is 135 g/mol. The molecular formula is C7H11V. The normalized spacial score (nSPS) is 17.6. The van der Waals surface area contributed by atoms with Crippen molar-refractivity contribution in [3.63, 3.8) is 0 Å². The van der Waals surface area contributed by atoms with Crippen LogP contribution in [0.4, 0.5) is 0 Å². The van der Waals surface area contributed by atoms with E-state index in [4.69, 9.17) is 0 Å². The van der Waals surface area contributed by atoms with E-state index in [1.165, 1.54) is 6.42 Å². The van der Waals surface area contributed by atoms with Gasteiger partial charge in [-0.15, -0.1) is 0 Å². The van der Waals surface area contributed by atoms with Crippen molar-refractivity contribution in [2.75, 3.05) is 0 Å². The van der Waals surface area contributed by atoms with Crippen molar-refractivity contribution in [1.29, 1.82) is 0 Å². The van der Waals surface area contributed by atoms with Gasteiger partial charge in [0.2, 0.25) is 0 Å². The minimum absolute atomic E-state index is 0.483. The van der Waals surface area contributed by atoms with Gasteiger partial charge in [0, 0.05) is 0 Å². The fourth-order valence-electron chi connectivity index (χ4n) is 0.768. The summed E-state index contributed by atoms with van der Waals surface area (Å²) < 4.78 is 1.71. The summed E-state index contributed by atoms with van der Waals surface area (Å²) in [5.41, 5.74) is 4.76. The Hall–Kier alpha value is 0.0644. The second-order valence-corrected chi connectivity index (χ2v) is 5.88. The number of hydrogen-bond acceptors (Lipinski definition) is 0. The number of allylic oxidation sites excluding steroid dienone is 4. The molecule has 0 aromatic heterocycles. The zero-order valence-corrected chi connectivity index (χ0v) is 6.78. The maximum absolute atomic E-state index is 2.38. The van der Waals surface area contributed by atoms with Crippen molar-refractivity contribution in [1.82, 2.24) is 0 Å². The van der Waals surface area contributed by atoms with E-state index in [0.717, 1.165) is 0 Å². The van der Waals surface area contributed by atoms with Gasteiger partial charge in [0.15, 0.2) is 0 Å². The van der Waals surface area contributed by atoms with Crippen LogP contribution in [0, 0.1) is 0 Å². The first-order valence-corrected chi connectivity index (χ1v) is 6.33. The molecule has 0 N–H and O–H groups in total. The van der Waals surface area contributed by atoms with E-state index in [0.29, 0.717) is 0 Å². The van der Waals surface area contributed by atoms with Crippen LogP contribution in [0.1, 0.15) is 6.42 Å². The van der Waals surface area contributed by atoms with Crippen molar-refractivity contribution in [2.24, 2.45) is 0 Å². The maximum atomic E-state index is 2.38. The van der Waals surface area contributed by atoms with Crippen LogP contribution in [0.3, 0.4) is 0 Å². The zero-order chi connectivity index (χ0) is 5.98. The summed E-state index contributed by atoms with van der Waals surface area (Å²) in [5, 5.41) is 0. The SMILES string of the molecule is [CH3][V]([CH3])[C]1=CC=CC1. The zero-order valence-electron chi connectivity index (χ0n) is 5.39. The molecule has 0 aromatic carbocycles. The third-order valence-corrected chi connectivity index (χ3v) is 3.64. The van der Waals surface area contributed by atoms with Crippen LogP contribution in [-0.2, 0) is 15.2 Å². The van der Waals surface area contributed by atoms with Gasteiger partial charge in [-0.1, -0.05) is 0 Å². The van der Waals surface area contributed by atoms with E-state index in [-0.39, 0.29) is 0 Å². The molecule has 0 heterocycles. The third-order valence-electron chi connectivity index (χ3n) is 1.33. The van der Waals surface area contributed by atoms with E-state index in [9.17, 15) is 0 Å². The Morgan fingerprint density at radius 3 is 2.50 bits per heavy atom. The van der Waals surface area contributed by atoms with Crippen LogP contribution in [0.2, 0.25) is 11.3 Å². The van der Waals surface area contributed by atoms with Gasteiger partial charge in [-0.2, -0.15) is 0 Å². The van der Waals surface area contributed by atoms with Crippen molar-refractivity contribution in [2.45, 2.75) is 17.7 Å². The molecule has 0 aromatic rings. The molecule has 1 aliphatic carbocycles. The molecule has 0 atom stereocenters. The minimum atomic E-state index is -0.483. The summed E-state index contributed by atoms with van der Waals surface area (Å²) in [7, 11) is 0. The quantitative estimate of drug-likeness (QED) is 0.533. The molecule has 0 nitrogen and oxygen atoms in total. The van der Waals surface area contributed by atoms with Gasteiger partial charge in [-0.05, 0) is 0 Å². The van der Waals surface area contributed by atoms with E-state index < -0.39 is 15.2 Å². The van der Waals surface area contributed by atoms with Crippen molar-refractivity contribution >= 4 is 0 Å². The second kappa shape index (κ2) is 2.56. The van der Waals surface area contributed by atoms with Gasteiger partial charge in [0.1, 0.15) is 0 Å². The molecule has 0 fully saturated rings. The predicted octanol–water partition coefficient (Wildman–Crippen LogP) is 2.54. The average Bonchev–Trinajstić information content (AvgIpc) is 2.12. The molecule has 0 amide bonds. The van der Waals surface area contributed by atoms with Crippen molar-refractivity contribution in [3.05, 3.63) is 22.5 Å². The fourth-order valence-corrected chi connectivity index (χ4v) is 2.10. The Morgan fingerprint density at radius 2 is 2.25 bits per heavy atom. The van der Waals surface area contributed by atoms with Gasteiger partial charge in [-0.25, -0.2) is 0 Å². The molecule has 0 spiro atoms. The van der Waals surface area contributed by atoms with Crippen molar-refractivity contribution in [3.8, 4) is 0 Å². The average molecular weight is 146 g/mol. The molecule has 0 saturated carbocycles. The van der Waals surface area contributed by atoms with Crippen molar-refractivity contribution < 1.29 is 15.2 Å². The standard InChI is InChI=1S/C5H5.2CH3.V/c1-2-4-5-3-1;;;/h1-3H,4H2;2*1H3;. The Balaban J connectivity index is 2.51. The Morgan fingerprint density at radius 1 is 1.50 bits per heavy atom. The molecule has 1 heteroatoms. The summed E-state index contributed by atoms with van der Waals surface area (Å²) in [5.74, 6) is 0. The van der Waals surface area contributed by atoms with Gasteiger partial charge in [0.05, 0.1) is 0 Å². The van der Waals surface area contributed by atoms with E-state index >= 15 is 0 Å². The second-order valence-electron chi connectivity index (χ2n) is 2.18. The number of hydrogen-bond donors (Lipinski definition) is 0. The van der Waals surface area contributed by atoms with Crippen LogP contribution in [0.5, 0.6) is 0 Å². The Labute approximate surface area is 55.8 Å². The Bertz CT molecular complexity index is 131. The van der Waals surface area contributed by atoms with Crippen LogP contribution >= 0.6 is 0 Å². The molecule has 1 aliphatic rings. The van der Waals surface area contributed by atoms with Gasteiger partial charge in [-0.3, -0.25) is 0 Å². The van der Waals surface area contributed by atoms with E-state index in [1.807, 2.05) is 0 Å². The predicted molar refractivity (Wildman–Crippen MR) is 33.6 cm³/mol. The summed E-state index contributed by atoms with van der Waals surface area (Å²) >= 11 is -0.483. The van der Waals surface area contributed by atoms with E-state index in [1.54, 1.807) is 4.28 Å². The molecule has 8 heavy (non-hydrogen) atoms. The first-order chi connectivity index (χ1) is 3.80. The van der Waals surface area contributed by atoms with Gasteiger partial charge in [0.25, 0.3) is 0 Å². The molecule has 0 saturated heterocycles. The Kier molecular flexibility index (Phi) is 1.98.